The molecule has 1 heterocycles. The van der Waals surface area contributed by atoms with E-state index in [-0.39, 0.29) is 11.4 Å². The van der Waals surface area contributed by atoms with Crippen molar-refractivity contribution in [3.05, 3.63) is 34.6 Å². The van der Waals surface area contributed by atoms with Crippen molar-refractivity contribution in [1.82, 2.24) is 0 Å². The summed E-state index contributed by atoms with van der Waals surface area (Å²) in [5, 5.41) is 8.85. The molecule has 1 aromatic rings. The molecular weight excluding hydrogens is 235 g/mol. The summed E-state index contributed by atoms with van der Waals surface area (Å²) in [6, 6.07) is 4.29. The van der Waals surface area contributed by atoms with Crippen LogP contribution in [-0.4, -0.2) is 24.3 Å². The van der Waals surface area contributed by atoms with Crippen molar-refractivity contribution in [2.45, 2.75) is 11.8 Å². The molecule has 86 valence electrons. The van der Waals surface area contributed by atoms with Crippen molar-refractivity contribution in [3.63, 3.8) is 0 Å². The highest BCUT2D eigenvalue weighted by Gasteiger charge is 2.42. The van der Waals surface area contributed by atoms with Gasteiger partial charge < -0.3 is 9.84 Å². The van der Waals surface area contributed by atoms with Gasteiger partial charge in [0.15, 0.2) is 0 Å². The van der Waals surface area contributed by atoms with Gasteiger partial charge in [0, 0.05) is 0 Å². The third-order valence-electron chi connectivity index (χ3n) is 2.78. The highest BCUT2D eigenvalue weighted by Crippen LogP contribution is 2.37. The Balaban J connectivity index is 2.33. The lowest BCUT2D eigenvalue weighted by atomic mass is 9.76. The molecule has 5 heteroatoms. The summed E-state index contributed by atoms with van der Waals surface area (Å²) >= 11 is 5.67. The molecule has 0 bridgehead atoms. The predicted molar refractivity (Wildman–Crippen MR) is 56.2 cm³/mol. The van der Waals surface area contributed by atoms with Crippen molar-refractivity contribution in [1.29, 1.82) is 0 Å². The van der Waals surface area contributed by atoms with Crippen LogP contribution in [0.1, 0.15) is 12.0 Å². The Hall–Kier alpha value is -1.13. The first-order valence-electron chi connectivity index (χ1n) is 4.79. The molecule has 2 rings (SSSR count). The molecule has 3 nitrogen and oxygen atoms in total. The van der Waals surface area contributed by atoms with Gasteiger partial charge in [-0.25, -0.2) is 4.39 Å². The van der Waals surface area contributed by atoms with Crippen LogP contribution in [0.25, 0.3) is 0 Å². The lowest BCUT2D eigenvalue weighted by molar-refractivity contribution is -0.145. The fraction of sp³-hybridized carbons (Fsp3) is 0.364. The lowest BCUT2D eigenvalue weighted by Crippen LogP contribution is -2.48. The zero-order valence-corrected chi connectivity index (χ0v) is 9.13. The van der Waals surface area contributed by atoms with Crippen LogP contribution < -0.4 is 0 Å². The largest absolute Gasteiger partial charge is 0.481 e. The minimum Gasteiger partial charge on any atom is -0.481 e. The summed E-state index contributed by atoms with van der Waals surface area (Å²) in [5.74, 6) is -1.40. The third-order valence-corrected chi connectivity index (χ3v) is 3.07. The van der Waals surface area contributed by atoms with Crippen LogP contribution in [0.2, 0.25) is 5.02 Å². The fourth-order valence-corrected chi connectivity index (χ4v) is 2.02. The molecule has 0 unspecified atom stereocenters. The second-order valence-corrected chi connectivity index (χ2v) is 4.38. The number of hydrogen-bond donors (Lipinski definition) is 1. The van der Waals surface area contributed by atoms with Crippen LogP contribution in [-0.2, 0) is 14.9 Å². The zero-order valence-electron chi connectivity index (χ0n) is 8.37. The van der Waals surface area contributed by atoms with E-state index in [1.165, 1.54) is 12.1 Å². The summed E-state index contributed by atoms with van der Waals surface area (Å²) < 4.78 is 18.1. The molecule has 0 saturated carbocycles. The minimum atomic E-state index is -0.899. The van der Waals surface area contributed by atoms with Crippen LogP contribution in [0, 0.1) is 5.82 Å². The van der Waals surface area contributed by atoms with Crippen molar-refractivity contribution in [2.75, 3.05) is 13.2 Å². The maximum Gasteiger partial charge on any atom is 0.304 e. The van der Waals surface area contributed by atoms with E-state index in [2.05, 4.69) is 0 Å². The van der Waals surface area contributed by atoms with E-state index in [1.54, 1.807) is 6.07 Å². The number of benzene rings is 1. The van der Waals surface area contributed by atoms with Gasteiger partial charge in [-0.1, -0.05) is 17.7 Å². The second kappa shape index (κ2) is 4.03. The van der Waals surface area contributed by atoms with E-state index in [9.17, 15) is 9.18 Å². The summed E-state index contributed by atoms with van der Waals surface area (Å²) in [5.41, 5.74) is 0.163. The number of hydrogen-bond acceptors (Lipinski definition) is 2. The average molecular weight is 245 g/mol. The Bertz CT molecular complexity index is 429. The highest BCUT2D eigenvalue weighted by molar-refractivity contribution is 6.30. The quantitative estimate of drug-likeness (QED) is 0.887. The smallest absolute Gasteiger partial charge is 0.304 e. The summed E-state index contributed by atoms with van der Waals surface area (Å²) in [6.45, 7) is 0.669. The monoisotopic (exact) mass is 244 g/mol. The number of carboxylic acid groups (broad SMARTS) is 1. The average Bonchev–Trinajstić information content (AvgIpc) is 2.16. The maximum atomic E-state index is 13.0. The molecule has 1 aliphatic heterocycles. The minimum absolute atomic E-state index is 0.00848. The fourth-order valence-electron chi connectivity index (χ4n) is 1.83. The molecule has 16 heavy (non-hydrogen) atoms. The molecule has 1 aliphatic rings. The van der Waals surface area contributed by atoms with Crippen LogP contribution in [0.5, 0.6) is 0 Å². The van der Waals surface area contributed by atoms with E-state index in [0.29, 0.717) is 18.8 Å². The molecular formula is C11H10ClFO3. The molecule has 1 N–H and O–H groups in total. The Morgan fingerprint density at radius 1 is 1.56 bits per heavy atom. The molecule has 0 spiro atoms. The van der Waals surface area contributed by atoms with Crippen molar-refractivity contribution in [2.24, 2.45) is 0 Å². The molecule has 1 saturated heterocycles. The first kappa shape index (κ1) is 11.4. The Morgan fingerprint density at radius 2 is 2.25 bits per heavy atom. The van der Waals surface area contributed by atoms with E-state index >= 15 is 0 Å². The Labute approximate surface area is 96.8 Å². The molecule has 0 aliphatic carbocycles. The number of aliphatic carboxylic acids is 1. The van der Waals surface area contributed by atoms with Gasteiger partial charge in [0.05, 0.1) is 30.1 Å². The molecule has 1 aromatic carbocycles. The summed E-state index contributed by atoms with van der Waals surface area (Å²) in [7, 11) is 0. The van der Waals surface area contributed by atoms with Gasteiger partial charge in [0.1, 0.15) is 5.82 Å². The number of ether oxygens (including phenoxy) is 1. The molecule has 0 aromatic heterocycles. The van der Waals surface area contributed by atoms with E-state index in [4.69, 9.17) is 21.4 Å². The van der Waals surface area contributed by atoms with Crippen molar-refractivity contribution < 1.29 is 19.0 Å². The normalized spacial score (nSPS) is 17.9. The SMILES string of the molecule is O=C(O)CC1(c2ccc(F)c(Cl)c2)COC1. The summed E-state index contributed by atoms with van der Waals surface area (Å²) in [6.07, 6.45) is -0.0328. The van der Waals surface area contributed by atoms with Gasteiger partial charge in [-0.3, -0.25) is 4.79 Å². The number of rotatable bonds is 3. The molecule has 0 atom stereocenters. The van der Waals surface area contributed by atoms with Gasteiger partial charge in [0.2, 0.25) is 0 Å². The standard InChI is InChI=1S/C11H10ClFO3/c12-8-3-7(1-2-9(8)13)11(4-10(14)15)5-16-6-11/h1-3H,4-6H2,(H,14,15). The van der Waals surface area contributed by atoms with E-state index in [0.717, 1.165) is 0 Å². The first-order valence-corrected chi connectivity index (χ1v) is 5.16. The highest BCUT2D eigenvalue weighted by atomic mass is 35.5. The topological polar surface area (TPSA) is 46.5 Å². The number of halogens is 2. The van der Waals surface area contributed by atoms with E-state index in [1.807, 2.05) is 0 Å². The third kappa shape index (κ3) is 1.90. The molecule has 1 fully saturated rings. The number of carboxylic acids is 1. The van der Waals surface area contributed by atoms with Crippen LogP contribution in [0.15, 0.2) is 18.2 Å². The maximum absolute atomic E-state index is 13.0. The number of carbonyl (C=O) groups is 1. The van der Waals surface area contributed by atoms with Gasteiger partial charge in [-0.2, -0.15) is 0 Å². The lowest BCUT2D eigenvalue weighted by Gasteiger charge is -2.40. The van der Waals surface area contributed by atoms with E-state index < -0.39 is 17.2 Å². The van der Waals surface area contributed by atoms with Crippen molar-refractivity contribution in [3.8, 4) is 0 Å². The Kier molecular flexibility index (Phi) is 2.86. The van der Waals surface area contributed by atoms with Crippen LogP contribution in [0.3, 0.4) is 0 Å². The van der Waals surface area contributed by atoms with Crippen LogP contribution >= 0.6 is 11.6 Å². The van der Waals surface area contributed by atoms with Gasteiger partial charge in [-0.15, -0.1) is 0 Å². The summed E-state index contributed by atoms with van der Waals surface area (Å²) in [4.78, 5) is 10.8. The Morgan fingerprint density at radius 3 is 2.69 bits per heavy atom. The van der Waals surface area contributed by atoms with Gasteiger partial charge in [0.25, 0.3) is 0 Å². The first-order chi connectivity index (χ1) is 7.53. The predicted octanol–water partition coefficient (Wildman–Crippen LogP) is 2.22. The zero-order chi connectivity index (χ0) is 11.8. The molecule has 0 radical (unpaired) electrons. The van der Waals surface area contributed by atoms with Gasteiger partial charge >= 0.3 is 5.97 Å². The van der Waals surface area contributed by atoms with Gasteiger partial charge in [-0.05, 0) is 17.7 Å². The van der Waals surface area contributed by atoms with Crippen LogP contribution in [0.4, 0.5) is 4.39 Å². The second-order valence-electron chi connectivity index (χ2n) is 3.97. The molecule has 0 amide bonds. The van der Waals surface area contributed by atoms with Crippen molar-refractivity contribution >= 4 is 17.6 Å².